The Balaban J connectivity index is 2.60. The molecule has 0 bridgehead atoms. The average molecular weight is 282 g/mol. The summed E-state index contributed by atoms with van der Waals surface area (Å²) in [6, 6.07) is 3.32. The van der Waals surface area contributed by atoms with E-state index in [4.69, 9.17) is 40.5 Å². The first-order valence-corrected chi connectivity index (χ1v) is 5.77. The number of benzene rings is 1. The van der Waals surface area contributed by atoms with E-state index in [0.29, 0.717) is 28.2 Å². The zero-order chi connectivity index (χ0) is 12.1. The van der Waals surface area contributed by atoms with Gasteiger partial charge in [0, 0.05) is 30.1 Å². The first-order valence-electron chi connectivity index (χ1n) is 4.63. The molecule has 0 heterocycles. The van der Waals surface area contributed by atoms with Gasteiger partial charge >= 0.3 is 0 Å². The molecule has 0 radical (unpaired) electrons. The van der Waals surface area contributed by atoms with E-state index in [-0.39, 0.29) is 12.3 Å². The maximum Gasteiger partial charge on any atom is 0.218 e. The van der Waals surface area contributed by atoms with Crippen LogP contribution in [-0.2, 0) is 11.3 Å². The summed E-state index contributed by atoms with van der Waals surface area (Å²) in [6.07, 6.45) is 0.274. The van der Waals surface area contributed by atoms with Crippen molar-refractivity contribution in [2.75, 3.05) is 6.54 Å². The maximum atomic E-state index is 10.5. The smallest absolute Gasteiger partial charge is 0.218 e. The monoisotopic (exact) mass is 280 g/mol. The van der Waals surface area contributed by atoms with Crippen LogP contribution >= 0.6 is 34.8 Å². The van der Waals surface area contributed by atoms with E-state index in [1.165, 1.54) is 0 Å². The number of nitrogens with one attached hydrogen (secondary N) is 1. The Morgan fingerprint density at radius 2 is 1.88 bits per heavy atom. The number of hydrogen-bond donors (Lipinski definition) is 2. The van der Waals surface area contributed by atoms with Crippen LogP contribution in [0.25, 0.3) is 0 Å². The molecule has 0 atom stereocenters. The molecule has 88 valence electrons. The molecule has 1 amide bonds. The number of hydrogen-bond acceptors (Lipinski definition) is 2. The van der Waals surface area contributed by atoms with Crippen molar-refractivity contribution in [2.45, 2.75) is 13.0 Å². The van der Waals surface area contributed by atoms with E-state index in [9.17, 15) is 4.79 Å². The van der Waals surface area contributed by atoms with Gasteiger partial charge in [0.05, 0.1) is 10.0 Å². The molecule has 0 saturated heterocycles. The second-order valence-electron chi connectivity index (χ2n) is 3.21. The predicted octanol–water partition coefficient (Wildman–Crippen LogP) is 2.61. The van der Waals surface area contributed by atoms with E-state index in [0.717, 1.165) is 5.56 Å². The lowest BCUT2D eigenvalue weighted by Gasteiger charge is -2.09. The highest BCUT2D eigenvalue weighted by atomic mass is 35.5. The van der Waals surface area contributed by atoms with Crippen molar-refractivity contribution in [3.63, 3.8) is 0 Å². The number of halogens is 3. The molecule has 1 rings (SSSR count). The topological polar surface area (TPSA) is 55.1 Å². The Kier molecular flexibility index (Phi) is 5.35. The minimum Gasteiger partial charge on any atom is -0.370 e. The van der Waals surface area contributed by atoms with Gasteiger partial charge in [-0.05, 0) is 12.1 Å². The number of amides is 1. The van der Waals surface area contributed by atoms with E-state index < -0.39 is 0 Å². The number of carbonyl (C=O) groups is 1. The standard InChI is InChI=1S/C10H11Cl3N2O/c11-7-1-2-8(12)10(13)6(7)5-15-4-3-9(14)16/h1-2,15H,3-5H2,(H2,14,16). The Labute approximate surface area is 109 Å². The van der Waals surface area contributed by atoms with Gasteiger partial charge in [-0.15, -0.1) is 0 Å². The molecule has 1 aromatic rings. The van der Waals surface area contributed by atoms with E-state index in [2.05, 4.69) is 5.32 Å². The zero-order valence-electron chi connectivity index (χ0n) is 8.40. The largest absolute Gasteiger partial charge is 0.370 e. The fourth-order valence-electron chi connectivity index (χ4n) is 1.16. The van der Waals surface area contributed by atoms with Crippen molar-refractivity contribution >= 4 is 40.7 Å². The number of primary amides is 1. The molecule has 0 aliphatic heterocycles. The van der Waals surface area contributed by atoms with E-state index >= 15 is 0 Å². The van der Waals surface area contributed by atoms with Crippen LogP contribution in [0.3, 0.4) is 0 Å². The lowest BCUT2D eigenvalue weighted by Crippen LogP contribution is -2.21. The van der Waals surface area contributed by atoms with Gasteiger partial charge in [0.15, 0.2) is 0 Å². The fraction of sp³-hybridized carbons (Fsp3) is 0.300. The quantitative estimate of drug-likeness (QED) is 0.644. The lowest BCUT2D eigenvalue weighted by atomic mass is 10.2. The molecule has 0 saturated carbocycles. The van der Waals surface area contributed by atoms with Gasteiger partial charge in [-0.25, -0.2) is 0 Å². The van der Waals surface area contributed by atoms with Gasteiger partial charge in [-0.1, -0.05) is 34.8 Å². The van der Waals surface area contributed by atoms with Gasteiger partial charge in [-0.2, -0.15) is 0 Å². The summed E-state index contributed by atoms with van der Waals surface area (Å²) in [7, 11) is 0. The molecule has 3 nitrogen and oxygen atoms in total. The van der Waals surface area contributed by atoms with Crippen LogP contribution in [-0.4, -0.2) is 12.5 Å². The van der Waals surface area contributed by atoms with Crippen LogP contribution in [0.5, 0.6) is 0 Å². The molecular weight excluding hydrogens is 270 g/mol. The molecular formula is C10H11Cl3N2O. The second kappa shape index (κ2) is 6.30. The molecule has 6 heteroatoms. The second-order valence-corrected chi connectivity index (χ2v) is 4.41. The Bertz CT molecular complexity index is 396. The van der Waals surface area contributed by atoms with E-state index in [1.807, 2.05) is 0 Å². The van der Waals surface area contributed by atoms with Gasteiger partial charge in [0.2, 0.25) is 5.91 Å². The summed E-state index contributed by atoms with van der Waals surface area (Å²) in [5.41, 5.74) is 5.73. The van der Waals surface area contributed by atoms with Gasteiger partial charge in [0.1, 0.15) is 0 Å². The molecule has 3 N–H and O–H groups in total. The summed E-state index contributed by atoms with van der Waals surface area (Å²) < 4.78 is 0. The summed E-state index contributed by atoms with van der Waals surface area (Å²) in [6.45, 7) is 0.931. The van der Waals surface area contributed by atoms with Crippen LogP contribution in [0.15, 0.2) is 12.1 Å². The number of nitrogens with two attached hydrogens (primary N) is 1. The highest BCUT2D eigenvalue weighted by Gasteiger charge is 2.08. The zero-order valence-corrected chi connectivity index (χ0v) is 10.7. The van der Waals surface area contributed by atoms with Crippen molar-refractivity contribution in [3.05, 3.63) is 32.8 Å². The molecule has 0 aliphatic rings. The van der Waals surface area contributed by atoms with Crippen molar-refractivity contribution in [2.24, 2.45) is 5.73 Å². The van der Waals surface area contributed by atoms with Crippen LogP contribution < -0.4 is 11.1 Å². The third-order valence-electron chi connectivity index (χ3n) is 1.99. The molecule has 1 aromatic carbocycles. The molecule has 0 unspecified atom stereocenters. The number of rotatable bonds is 5. The Morgan fingerprint density at radius 1 is 1.25 bits per heavy atom. The maximum absolute atomic E-state index is 10.5. The summed E-state index contributed by atoms with van der Waals surface area (Å²) in [5, 5.41) is 4.44. The third-order valence-corrected chi connectivity index (χ3v) is 3.19. The minimum atomic E-state index is -0.351. The SMILES string of the molecule is NC(=O)CCNCc1c(Cl)ccc(Cl)c1Cl. The predicted molar refractivity (Wildman–Crippen MR) is 67.0 cm³/mol. The van der Waals surface area contributed by atoms with Crippen LogP contribution in [0.4, 0.5) is 0 Å². The molecule has 0 aliphatic carbocycles. The van der Waals surface area contributed by atoms with Gasteiger partial charge in [0.25, 0.3) is 0 Å². The van der Waals surface area contributed by atoms with Gasteiger partial charge < -0.3 is 11.1 Å². The summed E-state index contributed by atoms with van der Waals surface area (Å²) in [4.78, 5) is 10.5. The average Bonchev–Trinajstić information content (AvgIpc) is 2.22. The third kappa shape index (κ3) is 3.83. The first kappa shape index (κ1) is 13.6. The van der Waals surface area contributed by atoms with Crippen molar-refractivity contribution in [1.82, 2.24) is 5.32 Å². The van der Waals surface area contributed by atoms with Crippen LogP contribution in [0, 0.1) is 0 Å². The van der Waals surface area contributed by atoms with Gasteiger partial charge in [-0.3, -0.25) is 4.79 Å². The Hall–Kier alpha value is -0.480. The highest BCUT2D eigenvalue weighted by molar-refractivity contribution is 6.44. The van der Waals surface area contributed by atoms with Crippen molar-refractivity contribution in [3.8, 4) is 0 Å². The van der Waals surface area contributed by atoms with Crippen LogP contribution in [0.2, 0.25) is 15.1 Å². The molecule has 0 aromatic heterocycles. The molecule has 16 heavy (non-hydrogen) atoms. The Morgan fingerprint density at radius 3 is 2.50 bits per heavy atom. The lowest BCUT2D eigenvalue weighted by molar-refractivity contribution is -0.117. The van der Waals surface area contributed by atoms with E-state index in [1.54, 1.807) is 12.1 Å². The number of carbonyl (C=O) groups excluding carboxylic acids is 1. The van der Waals surface area contributed by atoms with Crippen molar-refractivity contribution < 1.29 is 4.79 Å². The molecule has 0 fully saturated rings. The minimum absolute atomic E-state index is 0.274. The fourth-order valence-corrected chi connectivity index (χ4v) is 1.84. The molecule has 0 spiro atoms. The normalized spacial score (nSPS) is 10.4. The summed E-state index contributed by atoms with van der Waals surface area (Å²) >= 11 is 17.8. The van der Waals surface area contributed by atoms with Crippen molar-refractivity contribution in [1.29, 1.82) is 0 Å². The van der Waals surface area contributed by atoms with Crippen LogP contribution in [0.1, 0.15) is 12.0 Å². The first-order chi connectivity index (χ1) is 7.52. The highest BCUT2D eigenvalue weighted by Crippen LogP contribution is 2.31. The summed E-state index contributed by atoms with van der Waals surface area (Å²) in [5.74, 6) is -0.351.